The molecule has 4 nitrogen and oxygen atoms in total. The van der Waals surface area contributed by atoms with Crippen LogP contribution in [-0.2, 0) is 4.79 Å². The molecule has 0 aromatic carbocycles. The lowest BCUT2D eigenvalue weighted by atomic mass is 9.77. The fourth-order valence-corrected chi connectivity index (χ4v) is 2.58. The Hall–Kier alpha value is -1.08. The smallest absolute Gasteiger partial charge is 0.235 e. The van der Waals surface area contributed by atoms with Crippen molar-refractivity contribution in [1.29, 1.82) is 5.26 Å². The zero-order valence-electron chi connectivity index (χ0n) is 11.8. The van der Waals surface area contributed by atoms with Gasteiger partial charge >= 0.3 is 0 Å². The van der Waals surface area contributed by atoms with Crippen molar-refractivity contribution in [2.24, 2.45) is 11.3 Å². The molecule has 0 bridgehead atoms. The minimum atomic E-state index is -0.0363. The van der Waals surface area contributed by atoms with Gasteiger partial charge < -0.3 is 5.32 Å². The Morgan fingerprint density at radius 2 is 2.11 bits per heavy atom. The number of nitriles is 1. The van der Waals surface area contributed by atoms with E-state index in [9.17, 15) is 4.79 Å². The average molecular weight is 251 g/mol. The fourth-order valence-electron chi connectivity index (χ4n) is 2.58. The summed E-state index contributed by atoms with van der Waals surface area (Å²) in [5, 5.41) is 11.0. The van der Waals surface area contributed by atoms with Crippen LogP contribution in [0, 0.1) is 22.7 Å². The number of likely N-dealkylation sites (tertiary alicyclic amines) is 1. The highest BCUT2D eigenvalue weighted by atomic mass is 16.2. The molecular weight excluding hydrogens is 226 g/mol. The SMILES string of the molecule is CC(C)(C)C1CCCN(CC(=O)NCC#N)CC1. The van der Waals surface area contributed by atoms with Crippen molar-refractivity contribution in [3.8, 4) is 6.07 Å². The zero-order chi connectivity index (χ0) is 13.6. The van der Waals surface area contributed by atoms with Crippen LogP contribution in [0.25, 0.3) is 0 Å². The number of carbonyl (C=O) groups is 1. The van der Waals surface area contributed by atoms with Crippen molar-refractivity contribution in [3.05, 3.63) is 0 Å². The van der Waals surface area contributed by atoms with Gasteiger partial charge in [-0.2, -0.15) is 5.26 Å². The van der Waals surface area contributed by atoms with Crippen LogP contribution in [-0.4, -0.2) is 37.0 Å². The van der Waals surface area contributed by atoms with Gasteiger partial charge in [-0.25, -0.2) is 0 Å². The molecule has 1 heterocycles. The van der Waals surface area contributed by atoms with Crippen LogP contribution in [0.3, 0.4) is 0 Å². The monoisotopic (exact) mass is 251 g/mol. The molecule has 102 valence electrons. The van der Waals surface area contributed by atoms with Gasteiger partial charge in [0.25, 0.3) is 0 Å². The van der Waals surface area contributed by atoms with Gasteiger partial charge in [0.05, 0.1) is 12.6 Å². The molecule has 1 aliphatic rings. The third-order valence-corrected chi connectivity index (χ3v) is 3.78. The maximum atomic E-state index is 11.6. The van der Waals surface area contributed by atoms with Gasteiger partial charge in [-0.1, -0.05) is 20.8 Å². The Balaban J connectivity index is 2.38. The molecule has 4 heteroatoms. The van der Waals surface area contributed by atoms with Gasteiger partial charge in [0, 0.05) is 0 Å². The number of carbonyl (C=O) groups excluding carboxylic acids is 1. The summed E-state index contributed by atoms with van der Waals surface area (Å²) in [6.45, 7) is 9.41. The van der Waals surface area contributed by atoms with Gasteiger partial charge in [0.1, 0.15) is 6.54 Å². The maximum Gasteiger partial charge on any atom is 0.235 e. The Kier molecular flexibility index (Phi) is 5.61. The van der Waals surface area contributed by atoms with Crippen molar-refractivity contribution in [3.63, 3.8) is 0 Å². The third kappa shape index (κ3) is 5.05. The average Bonchev–Trinajstić information content (AvgIpc) is 2.51. The van der Waals surface area contributed by atoms with Crippen LogP contribution in [0.1, 0.15) is 40.0 Å². The topological polar surface area (TPSA) is 56.1 Å². The summed E-state index contributed by atoms with van der Waals surface area (Å²) in [4.78, 5) is 13.8. The molecule has 1 rings (SSSR count). The van der Waals surface area contributed by atoms with Crippen molar-refractivity contribution in [1.82, 2.24) is 10.2 Å². The molecular formula is C14H25N3O. The Bertz CT molecular complexity index is 314. The van der Waals surface area contributed by atoms with Crippen LogP contribution in [0.2, 0.25) is 0 Å². The second-order valence-corrected chi connectivity index (χ2v) is 6.20. The number of nitrogens with zero attached hydrogens (tertiary/aromatic N) is 2. The zero-order valence-corrected chi connectivity index (χ0v) is 11.8. The molecule has 1 unspecified atom stereocenters. The molecule has 0 radical (unpaired) electrons. The summed E-state index contributed by atoms with van der Waals surface area (Å²) in [5.74, 6) is 0.704. The van der Waals surface area contributed by atoms with E-state index in [1.807, 2.05) is 6.07 Å². The number of amides is 1. The first-order chi connectivity index (χ1) is 8.43. The molecule has 0 spiro atoms. The van der Waals surface area contributed by atoms with Crippen LogP contribution in [0.4, 0.5) is 0 Å². The predicted octanol–water partition coefficient (Wildman–Crippen LogP) is 1.77. The molecule has 0 aliphatic carbocycles. The predicted molar refractivity (Wildman–Crippen MR) is 71.9 cm³/mol. The normalized spacial score (nSPS) is 22.0. The standard InChI is InChI=1S/C14H25N3O/c1-14(2,3)12-5-4-9-17(10-6-12)11-13(18)16-8-7-15/h12H,4-6,8-11H2,1-3H3,(H,16,18). The van der Waals surface area contributed by atoms with Crippen LogP contribution in [0.5, 0.6) is 0 Å². The van der Waals surface area contributed by atoms with Gasteiger partial charge in [0.15, 0.2) is 0 Å². The van der Waals surface area contributed by atoms with Gasteiger partial charge in [0.2, 0.25) is 5.91 Å². The number of hydrogen-bond donors (Lipinski definition) is 1. The first-order valence-electron chi connectivity index (χ1n) is 6.79. The third-order valence-electron chi connectivity index (χ3n) is 3.78. The summed E-state index contributed by atoms with van der Waals surface area (Å²) in [6.07, 6.45) is 3.57. The summed E-state index contributed by atoms with van der Waals surface area (Å²) in [7, 11) is 0. The molecule has 1 saturated heterocycles. The van der Waals surface area contributed by atoms with Gasteiger partial charge in [-0.15, -0.1) is 0 Å². The lowest BCUT2D eigenvalue weighted by molar-refractivity contribution is -0.122. The largest absolute Gasteiger partial charge is 0.342 e. The second-order valence-electron chi connectivity index (χ2n) is 6.20. The highest BCUT2D eigenvalue weighted by Gasteiger charge is 2.27. The molecule has 0 aromatic heterocycles. The Morgan fingerprint density at radius 1 is 1.39 bits per heavy atom. The van der Waals surface area contributed by atoms with Crippen LogP contribution < -0.4 is 5.32 Å². The highest BCUT2D eigenvalue weighted by Crippen LogP contribution is 2.34. The van der Waals surface area contributed by atoms with Gasteiger partial charge in [-0.3, -0.25) is 9.69 Å². The van der Waals surface area contributed by atoms with E-state index in [1.165, 1.54) is 6.42 Å². The molecule has 1 fully saturated rings. The minimum absolute atomic E-state index is 0.0363. The Labute approximate surface area is 110 Å². The minimum Gasteiger partial charge on any atom is -0.342 e. The van der Waals surface area contributed by atoms with Crippen molar-refractivity contribution < 1.29 is 4.79 Å². The summed E-state index contributed by atoms with van der Waals surface area (Å²) in [5.41, 5.74) is 0.360. The number of rotatable bonds is 3. The van der Waals surface area contributed by atoms with E-state index in [0.29, 0.717) is 12.0 Å². The molecule has 0 saturated carbocycles. The summed E-state index contributed by atoms with van der Waals surface area (Å²) >= 11 is 0. The van der Waals surface area contributed by atoms with E-state index in [-0.39, 0.29) is 12.5 Å². The first-order valence-corrected chi connectivity index (χ1v) is 6.79. The van der Waals surface area contributed by atoms with Crippen LogP contribution in [0.15, 0.2) is 0 Å². The Morgan fingerprint density at radius 3 is 2.72 bits per heavy atom. The molecule has 1 N–H and O–H groups in total. The second kappa shape index (κ2) is 6.75. The van der Waals surface area contributed by atoms with Crippen molar-refractivity contribution in [2.75, 3.05) is 26.2 Å². The lowest BCUT2D eigenvalue weighted by Crippen LogP contribution is -2.38. The van der Waals surface area contributed by atoms with E-state index < -0.39 is 0 Å². The highest BCUT2D eigenvalue weighted by molar-refractivity contribution is 5.78. The van der Waals surface area contributed by atoms with Crippen LogP contribution >= 0.6 is 0 Å². The number of hydrogen-bond acceptors (Lipinski definition) is 3. The quantitative estimate of drug-likeness (QED) is 0.778. The number of nitrogens with one attached hydrogen (secondary N) is 1. The lowest BCUT2D eigenvalue weighted by Gasteiger charge is -2.29. The van der Waals surface area contributed by atoms with Crippen molar-refractivity contribution >= 4 is 5.91 Å². The molecule has 0 aromatic rings. The summed E-state index contributed by atoms with van der Waals surface area (Å²) < 4.78 is 0. The van der Waals surface area contributed by atoms with E-state index in [2.05, 4.69) is 31.0 Å². The molecule has 1 atom stereocenters. The van der Waals surface area contributed by atoms with E-state index in [1.54, 1.807) is 0 Å². The molecule has 1 amide bonds. The molecule has 18 heavy (non-hydrogen) atoms. The maximum absolute atomic E-state index is 11.6. The van der Waals surface area contributed by atoms with E-state index in [0.717, 1.165) is 31.8 Å². The van der Waals surface area contributed by atoms with Crippen molar-refractivity contribution in [2.45, 2.75) is 40.0 Å². The fraction of sp³-hybridized carbons (Fsp3) is 0.857. The van der Waals surface area contributed by atoms with E-state index in [4.69, 9.17) is 5.26 Å². The van der Waals surface area contributed by atoms with E-state index >= 15 is 0 Å². The first kappa shape index (κ1) is 15.0. The van der Waals surface area contributed by atoms with Gasteiger partial charge in [-0.05, 0) is 43.7 Å². The summed E-state index contributed by atoms with van der Waals surface area (Å²) in [6, 6.07) is 1.92. The molecule has 1 aliphatic heterocycles.